The van der Waals surface area contributed by atoms with Gasteiger partial charge in [-0.05, 0) is 548 Å². The molecule has 5 N–H and O–H groups in total. The largest absolute Gasteiger partial charge is 0.393 e. The van der Waals surface area contributed by atoms with Crippen LogP contribution in [-0.2, 0) is 32.7 Å². The second-order valence-corrected chi connectivity index (χ2v) is 56.8. The van der Waals surface area contributed by atoms with Crippen LogP contribution in [0.4, 0.5) is 0 Å². The van der Waals surface area contributed by atoms with Gasteiger partial charge in [0.1, 0.15) is 0 Å². The summed E-state index contributed by atoms with van der Waals surface area (Å²) in [5.41, 5.74) is 32.0. The first-order valence-electron chi connectivity index (χ1n) is 60.3. The van der Waals surface area contributed by atoms with Crippen molar-refractivity contribution in [2.75, 3.05) is 0 Å². The molecule has 10 nitrogen and oxygen atoms in total. The Balaban J connectivity index is 0.0000000923. The van der Waals surface area contributed by atoms with Crippen molar-refractivity contribution >= 4 is 42.2 Å². The molecule has 0 spiro atoms. The van der Waals surface area contributed by atoms with E-state index in [1.807, 2.05) is 31.1 Å². The molecule has 0 bridgehead atoms. The first kappa shape index (κ1) is 97.7. The van der Waals surface area contributed by atoms with E-state index in [-0.39, 0.29) is 30.5 Å². The van der Waals surface area contributed by atoms with E-state index >= 15 is 0 Å². The van der Waals surface area contributed by atoms with Gasteiger partial charge < -0.3 is 25.5 Å². The average Bonchev–Trinajstić information content (AvgIpc) is 1.55. The molecule has 0 amide bonds. The fourth-order valence-corrected chi connectivity index (χ4v) is 43.3. The average molecular weight is 1950 g/mol. The van der Waals surface area contributed by atoms with Gasteiger partial charge in [-0.2, -0.15) is 0 Å². The molecule has 36 atom stereocenters. The molecule has 5 aliphatic heterocycles. The molecule has 20 aliphatic carbocycles. The number of fused-ring (bicyclic) bond motifs is 30. The number of aliphatic imine (C=N–C) groups is 5. The van der Waals surface area contributed by atoms with E-state index in [1.165, 1.54) is 266 Å². The zero-order valence-electron chi connectivity index (χ0n) is 90.4. The Morgan fingerprint density at radius 1 is 0.234 bits per heavy atom. The lowest BCUT2D eigenvalue weighted by Gasteiger charge is -2.61. The summed E-state index contributed by atoms with van der Waals surface area (Å²) < 4.78 is 0. The van der Waals surface area contributed by atoms with Gasteiger partial charge in [0.05, 0.1) is 63.2 Å². The topological polar surface area (TPSA) is 163 Å². The molecule has 16 fully saturated rings. The highest BCUT2D eigenvalue weighted by atomic mass is 16.3. The van der Waals surface area contributed by atoms with Crippen molar-refractivity contribution in [3.05, 3.63) is 210 Å². The number of hydrogen-bond donors (Lipinski definition) is 5. The van der Waals surface area contributed by atoms with E-state index in [9.17, 15) is 25.5 Å². The highest BCUT2D eigenvalue weighted by molar-refractivity contribution is 5.88. The van der Waals surface area contributed by atoms with Crippen molar-refractivity contribution in [3.63, 3.8) is 0 Å². The van der Waals surface area contributed by atoms with Crippen LogP contribution in [0.15, 0.2) is 151 Å². The zero-order valence-corrected chi connectivity index (χ0v) is 90.4. The molecule has 5 heterocycles. The number of aliphatic hydroxyl groups excluding tert-OH is 5. The molecule has 16 saturated carbocycles. The minimum absolute atomic E-state index is 0.0295. The van der Waals surface area contributed by atoms with Gasteiger partial charge in [0, 0.05) is 31.1 Å². The summed E-state index contributed by atoms with van der Waals surface area (Å²) in [6, 6.07) is 35.7. The Morgan fingerprint density at radius 3 is 0.890 bits per heavy atom. The summed E-state index contributed by atoms with van der Waals surface area (Å²) in [6.07, 6.45) is 71.9. The molecule has 5 aromatic carbocycles. The number of nitrogens with zero attached hydrogens (tertiary/aromatic N) is 5. The van der Waals surface area contributed by atoms with Gasteiger partial charge in [-0.15, -0.1) is 0 Å². The summed E-state index contributed by atoms with van der Waals surface area (Å²) >= 11 is 0. The Morgan fingerprint density at radius 2 is 0.517 bits per heavy atom. The first-order chi connectivity index (χ1) is 69.9. The van der Waals surface area contributed by atoms with Gasteiger partial charge in [-0.1, -0.05) is 184 Å². The van der Waals surface area contributed by atoms with Crippen LogP contribution in [0.25, 0.3) is 11.1 Å². The normalized spacial score (nSPS) is 45.8. The number of rotatable bonds is 5. The Hall–Kier alpha value is -6.79. The molecule has 772 valence electrons. The number of aliphatic hydroxyl groups is 5. The van der Waals surface area contributed by atoms with Crippen LogP contribution >= 0.6 is 0 Å². The van der Waals surface area contributed by atoms with E-state index in [2.05, 4.69) is 209 Å². The monoisotopic (exact) mass is 1950 g/mol. The Labute approximate surface area is 871 Å². The minimum Gasteiger partial charge on any atom is -0.393 e. The van der Waals surface area contributed by atoms with Gasteiger partial charge in [-0.25, -0.2) is 0 Å². The van der Waals surface area contributed by atoms with Crippen molar-refractivity contribution in [1.82, 2.24) is 0 Å². The van der Waals surface area contributed by atoms with Crippen LogP contribution in [0.2, 0.25) is 0 Å². The molecule has 25 aliphatic rings. The van der Waals surface area contributed by atoms with Crippen LogP contribution in [0.5, 0.6) is 0 Å². The van der Waals surface area contributed by atoms with Crippen molar-refractivity contribution in [3.8, 4) is 0 Å². The SMILES string of the molecule is C[C@]12CC[C@@H](O)C[C@@H]1CC[C@@H]1[C@@H]2CC[C@]2(C)[C@@H](c3ccc4c(c3)CN=C4)CC[C@@H]12.C[C@]12CC[C@H](O)CC1=CC[C@@H]1[C@@H]2CC[C@]2(C)C(c3ccc4c(c3)CN=C4)=CC[C@@H]12.C[C@]12CC[C@H](O)C[C@@H]1CC[C@@H]1[C@@H]2CC[C@]2(C)C(c3ccc4c(c3)CN=C4)=CC[C@@H]12.C[C@]12CC[C@H](O)C[C@@H]1CC[C@@H]1[C@@H]2CC[C@]2(C)[C@@H](c3ccc4c(c3)CN=C4)CC[C@@H]12.C[C@]12CC[C@H]3[C@@H](CC=C4C[C@@H](O)CC[C@@]43C)[C@@H]1CC[C@@H]2c1ccc2c(c1)CN=C2. The molecule has 145 heavy (non-hydrogen) atoms. The summed E-state index contributed by atoms with van der Waals surface area (Å²) in [4.78, 5) is 22.3. The Bertz CT molecular complexity index is 5890. The number of hydrogen-bond acceptors (Lipinski definition) is 10. The minimum atomic E-state index is -0.108. The summed E-state index contributed by atoms with van der Waals surface area (Å²) in [5, 5.41) is 51.2. The number of allylic oxidation sites excluding steroid dienone is 6. The van der Waals surface area contributed by atoms with Crippen LogP contribution in [0.1, 0.15) is 434 Å². The molecule has 0 unspecified atom stereocenters. The van der Waals surface area contributed by atoms with Crippen molar-refractivity contribution in [1.29, 1.82) is 0 Å². The van der Waals surface area contributed by atoms with E-state index < -0.39 is 0 Å². The third-order valence-electron chi connectivity index (χ3n) is 51.3. The molecule has 10 heteroatoms. The standard InChI is InChI=1S/2C27H37NO.2C27H35NO.C27H33NO/c5*1-26-11-9-21(29)14-20(26)5-6-22-24-8-7-23(27(24,2)12-10-25(22)26)17-3-4-18-15-28-16-19(18)13-17/h2*3-4,13,15,20-25,29H,5-12,14,16H2,1-2H3;3-4,7,13,15,20-22,24-25,29H,5-6,8-12,14,16H2,1-2H3;3-5,13,15,21-25,29H,6-12,14,16H2,1-2H3;3-5,7,13,15,21-22,24-25,29H,6,8-12,14,16H2,1-2H3/t20-,21+,22-,23+,24-,25-,26-,27+;20-,21-,22-,23+,24-,25-,26-,27+;20-,21-,22-,24-,25-,26-,27+;21-,22-,23+,24-,25-,26-,27+;21-,22-,24-,25-,26-,27+/m00000/s1. The quantitative estimate of drug-likeness (QED) is 0.111. The van der Waals surface area contributed by atoms with Crippen LogP contribution in [0.3, 0.4) is 0 Å². The maximum atomic E-state index is 10.3. The van der Waals surface area contributed by atoms with Gasteiger partial charge in [0.2, 0.25) is 0 Å². The molecular formula is C135H177N5O5. The van der Waals surface area contributed by atoms with E-state index in [4.69, 9.17) is 0 Å². The second-order valence-electron chi connectivity index (χ2n) is 56.8. The van der Waals surface area contributed by atoms with E-state index in [0.29, 0.717) is 60.1 Å². The summed E-state index contributed by atoms with van der Waals surface area (Å²) in [7, 11) is 0. The third kappa shape index (κ3) is 15.8. The maximum Gasteiger partial charge on any atom is 0.0646 e. The molecule has 30 rings (SSSR count). The Kier molecular flexibility index (Phi) is 24.8. The summed E-state index contributed by atoms with van der Waals surface area (Å²) in [5.74, 6) is 17.4. The fraction of sp³-hybridized carbons (Fsp3) is 0.681. The van der Waals surface area contributed by atoms with Crippen LogP contribution in [0, 0.1) is 161 Å². The highest BCUT2D eigenvalue weighted by Crippen LogP contribution is 2.76. The molecule has 0 radical (unpaired) electrons. The lowest BCUT2D eigenvalue weighted by molar-refractivity contribution is -0.122. The predicted molar refractivity (Wildman–Crippen MR) is 592 cm³/mol. The molecule has 0 saturated heterocycles. The summed E-state index contributed by atoms with van der Waals surface area (Å²) in [6.45, 7) is 30.3. The predicted octanol–water partition coefficient (Wildman–Crippen LogP) is 30.2. The molecule has 5 aromatic rings. The van der Waals surface area contributed by atoms with E-state index in [1.54, 1.807) is 39.0 Å². The number of benzene rings is 5. The molecular weight excluding hydrogens is 1770 g/mol. The fourth-order valence-electron chi connectivity index (χ4n) is 43.3. The first-order valence-corrected chi connectivity index (χ1v) is 60.3. The highest BCUT2D eigenvalue weighted by Gasteiger charge is 2.67. The van der Waals surface area contributed by atoms with Crippen LogP contribution < -0.4 is 0 Å². The smallest absolute Gasteiger partial charge is 0.0646 e. The van der Waals surface area contributed by atoms with E-state index in [0.717, 1.165) is 215 Å². The third-order valence-corrected chi connectivity index (χ3v) is 51.3. The molecule has 0 aromatic heterocycles. The van der Waals surface area contributed by atoms with Gasteiger partial charge >= 0.3 is 0 Å². The van der Waals surface area contributed by atoms with Gasteiger partial charge in [0.25, 0.3) is 0 Å². The zero-order chi connectivity index (χ0) is 99.0. The van der Waals surface area contributed by atoms with Crippen LogP contribution in [-0.4, -0.2) is 87.1 Å². The maximum absolute atomic E-state index is 10.3. The lowest BCUT2D eigenvalue weighted by atomic mass is 9.44. The van der Waals surface area contributed by atoms with Gasteiger partial charge in [-0.3, -0.25) is 25.0 Å². The second kappa shape index (κ2) is 36.7. The van der Waals surface area contributed by atoms with Crippen molar-refractivity contribution < 1.29 is 25.5 Å². The van der Waals surface area contributed by atoms with Crippen molar-refractivity contribution in [2.24, 2.45) is 186 Å². The lowest BCUT2D eigenvalue weighted by Crippen LogP contribution is -2.53. The van der Waals surface area contributed by atoms with Gasteiger partial charge in [0.15, 0.2) is 0 Å². The van der Waals surface area contributed by atoms with Crippen molar-refractivity contribution in [2.45, 2.75) is 413 Å².